The van der Waals surface area contributed by atoms with Crippen LogP contribution in [0.5, 0.6) is 0 Å². The van der Waals surface area contributed by atoms with Crippen molar-refractivity contribution in [3.63, 3.8) is 0 Å². The fourth-order valence-corrected chi connectivity index (χ4v) is 4.63. The maximum absolute atomic E-state index is 13.3. The van der Waals surface area contributed by atoms with Crippen molar-refractivity contribution in [1.82, 2.24) is 4.90 Å². The zero-order chi connectivity index (χ0) is 21.8. The summed E-state index contributed by atoms with van der Waals surface area (Å²) >= 11 is 7.51. The van der Waals surface area contributed by atoms with Crippen molar-refractivity contribution in [3.8, 4) is 0 Å². The number of rotatable bonds is 5. The minimum atomic E-state index is -0.190. The first kappa shape index (κ1) is 21.2. The molecule has 31 heavy (non-hydrogen) atoms. The van der Waals surface area contributed by atoms with Crippen molar-refractivity contribution in [1.29, 1.82) is 0 Å². The summed E-state index contributed by atoms with van der Waals surface area (Å²) in [6, 6.07) is 24.8. The van der Waals surface area contributed by atoms with E-state index < -0.39 is 0 Å². The Morgan fingerprint density at radius 1 is 1.03 bits per heavy atom. The van der Waals surface area contributed by atoms with E-state index in [4.69, 9.17) is 11.6 Å². The molecule has 0 aliphatic carbocycles. The third kappa shape index (κ3) is 5.01. The van der Waals surface area contributed by atoms with Gasteiger partial charge in [-0.2, -0.15) is 0 Å². The van der Waals surface area contributed by atoms with Crippen LogP contribution in [0.3, 0.4) is 0 Å². The number of likely N-dealkylation sites (N-methyl/N-ethyl adjacent to an activating group) is 1. The highest BCUT2D eigenvalue weighted by Crippen LogP contribution is 2.42. The van der Waals surface area contributed by atoms with Crippen LogP contribution in [-0.4, -0.2) is 30.3 Å². The number of benzene rings is 3. The molecule has 1 heterocycles. The van der Waals surface area contributed by atoms with Crippen molar-refractivity contribution in [3.05, 3.63) is 99.9 Å². The van der Waals surface area contributed by atoms with Crippen molar-refractivity contribution in [2.24, 2.45) is 0 Å². The van der Waals surface area contributed by atoms with Crippen LogP contribution in [0.2, 0.25) is 5.02 Å². The van der Waals surface area contributed by atoms with Crippen LogP contribution < -0.4 is 4.90 Å². The molecule has 1 aliphatic heterocycles. The summed E-state index contributed by atoms with van der Waals surface area (Å²) in [5.74, 6) is -0.314. The minimum Gasteiger partial charge on any atom is -0.340 e. The predicted molar refractivity (Wildman–Crippen MR) is 127 cm³/mol. The van der Waals surface area contributed by atoms with E-state index in [1.807, 2.05) is 78.9 Å². The normalized spacial score (nSPS) is 14.5. The summed E-state index contributed by atoms with van der Waals surface area (Å²) in [5, 5.41) is 0.609. The quantitative estimate of drug-likeness (QED) is 0.485. The van der Waals surface area contributed by atoms with Gasteiger partial charge in [-0.05, 0) is 41.5 Å². The number of para-hydroxylation sites is 1. The number of hydrogen-bond acceptors (Lipinski definition) is 3. The molecule has 1 aliphatic rings. The Labute approximate surface area is 191 Å². The zero-order valence-electron chi connectivity index (χ0n) is 17.0. The highest BCUT2D eigenvalue weighted by Gasteiger charge is 2.31. The van der Waals surface area contributed by atoms with Crippen LogP contribution in [0.4, 0.5) is 5.69 Å². The molecule has 2 amide bonds. The van der Waals surface area contributed by atoms with E-state index in [0.717, 1.165) is 21.7 Å². The SMILES string of the molecule is CN(Cc1ccccc1)C(=O)CN1C(=O)/C(=C\c2cccc(Cl)c2)Sc2ccccc21. The van der Waals surface area contributed by atoms with Crippen molar-refractivity contribution >= 4 is 46.9 Å². The summed E-state index contributed by atoms with van der Waals surface area (Å²) in [6.07, 6.45) is 1.82. The summed E-state index contributed by atoms with van der Waals surface area (Å²) in [5.41, 5.74) is 2.64. The molecule has 0 spiro atoms. The largest absolute Gasteiger partial charge is 0.340 e. The minimum absolute atomic E-state index is 0.0212. The van der Waals surface area contributed by atoms with Crippen LogP contribution in [0.1, 0.15) is 11.1 Å². The maximum atomic E-state index is 13.3. The third-order valence-corrected chi connectivity index (χ3v) is 6.27. The highest BCUT2D eigenvalue weighted by molar-refractivity contribution is 8.04. The van der Waals surface area contributed by atoms with Gasteiger partial charge in [0.05, 0.1) is 10.6 Å². The number of anilines is 1. The smallest absolute Gasteiger partial charge is 0.265 e. The molecule has 0 bridgehead atoms. The molecule has 0 unspecified atom stereocenters. The highest BCUT2D eigenvalue weighted by atomic mass is 35.5. The molecule has 0 atom stereocenters. The number of fused-ring (bicyclic) bond motifs is 1. The number of amides is 2. The first-order valence-electron chi connectivity index (χ1n) is 9.85. The average Bonchev–Trinajstić information content (AvgIpc) is 2.77. The average molecular weight is 449 g/mol. The van der Waals surface area contributed by atoms with E-state index in [9.17, 15) is 9.59 Å². The lowest BCUT2D eigenvalue weighted by Crippen LogP contribution is -2.43. The zero-order valence-corrected chi connectivity index (χ0v) is 18.6. The molecule has 4 rings (SSSR count). The fourth-order valence-electron chi connectivity index (χ4n) is 3.37. The van der Waals surface area contributed by atoms with Crippen LogP contribution in [0, 0.1) is 0 Å². The lowest BCUT2D eigenvalue weighted by molar-refractivity contribution is -0.130. The predicted octanol–water partition coefficient (Wildman–Crippen LogP) is 5.48. The molecular formula is C25H21ClN2O2S. The molecule has 3 aromatic carbocycles. The van der Waals surface area contributed by atoms with Gasteiger partial charge in [-0.25, -0.2) is 0 Å². The van der Waals surface area contributed by atoms with Crippen LogP contribution in [0.15, 0.2) is 88.7 Å². The van der Waals surface area contributed by atoms with E-state index in [1.54, 1.807) is 22.9 Å². The second-order valence-electron chi connectivity index (χ2n) is 7.26. The Balaban J connectivity index is 1.59. The summed E-state index contributed by atoms with van der Waals surface area (Å²) in [6.45, 7) is 0.468. The van der Waals surface area contributed by atoms with Gasteiger partial charge < -0.3 is 4.90 Å². The van der Waals surface area contributed by atoms with Crippen LogP contribution >= 0.6 is 23.4 Å². The van der Waals surface area contributed by atoms with Crippen molar-refractivity contribution in [2.75, 3.05) is 18.5 Å². The first-order valence-corrected chi connectivity index (χ1v) is 11.0. The lowest BCUT2D eigenvalue weighted by Gasteiger charge is -2.31. The van der Waals surface area contributed by atoms with Gasteiger partial charge in [0.2, 0.25) is 5.91 Å². The molecule has 4 nitrogen and oxygen atoms in total. The first-order chi connectivity index (χ1) is 15.0. The Morgan fingerprint density at radius 3 is 2.55 bits per heavy atom. The van der Waals surface area contributed by atoms with Gasteiger partial charge in [0.15, 0.2) is 0 Å². The number of carbonyl (C=O) groups excluding carboxylic acids is 2. The van der Waals surface area contributed by atoms with Crippen LogP contribution in [0.25, 0.3) is 6.08 Å². The van der Waals surface area contributed by atoms with Crippen molar-refractivity contribution < 1.29 is 9.59 Å². The molecule has 0 aromatic heterocycles. The van der Waals surface area contributed by atoms with Gasteiger partial charge in [0.1, 0.15) is 6.54 Å². The summed E-state index contributed by atoms with van der Waals surface area (Å²) in [4.78, 5) is 31.0. The van der Waals surface area contributed by atoms with Crippen LogP contribution in [-0.2, 0) is 16.1 Å². The Morgan fingerprint density at radius 2 is 1.77 bits per heavy atom. The fraction of sp³-hybridized carbons (Fsp3) is 0.120. The van der Waals surface area contributed by atoms with Gasteiger partial charge in [-0.3, -0.25) is 14.5 Å². The van der Waals surface area contributed by atoms with Crippen molar-refractivity contribution in [2.45, 2.75) is 11.4 Å². The number of thioether (sulfide) groups is 1. The van der Waals surface area contributed by atoms with Gasteiger partial charge in [-0.1, -0.05) is 78.0 Å². The second kappa shape index (κ2) is 9.41. The van der Waals surface area contributed by atoms with E-state index >= 15 is 0 Å². The van der Waals surface area contributed by atoms with E-state index in [0.29, 0.717) is 16.5 Å². The molecule has 156 valence electrons. The molecule has 6 heteroatoms. The topological polar surface area (TPSA) is 40.6 Å². The molecule has 0 N–H and O–H groups in total. The van der Waals surface area contributed by atoms with Gasteiger partial charge in [0.25, 0.3) is 5.91 Å². The maximum Gasteiger partial charge on any atom is 0.265 e. The van der Waals surface area contributed by atoms with E-state index in [2.05, 4.69) is 0 Å². The van der Waals surface area contributed by atoms with Gasteiger partial charge in [-0.15, -0.1) is 0 Å². The standard InChI is InChI=1S/C25H21ClN2O2S/c1-27(16-18-8-3-2-4-9-18)24(29)17-28-21-12-5-6-13-22(21)31-23(25(28)30)15-19-10-7-11-20(26)14-19/h2-15H,16-17H2,1H3/b23-15+. The number of halogens is 1. The Kier molecular flexibility index (Phi) is 6.44. The number of hydrogen-bond donors (Lipinski definition) is 0. The van der Waals surface area contributed by atoms with Gasteiger partial charge >= 0.3 is 0 Å². The molecule has 0 radical (unpaired) electrons. The molecule has 3 aromatic rings. The van der Waals surface area contributed by atoms with E-state index in [1.165, 1.54) is 11.8 Å². The monoisotopic (exact) mass is 448 g/mol. The molecule has 0 saturated carbocycles. The van der Waals surface area contributed by atoms with E-state index in [-0.39, 0.29) is 18.4 Å². The lowest BCUT2D eigenvalue weighted by atomic mass is 10.2. The molecule has 0 fully saturated rings. The summed E-state index contributed by atoms with van der Waals surface area (Å²) in [7, 11) is 1.76. The second-order valence-corrected chi connectivity index (χ2v) is 8.78. The molecule has 0 saturated heterocycles. The number of nitrogens with zero attached hydrogens (tertiary/aromatic N) is 2. The number of carbonyl (C=O) groups is 2. The molecular weight excluding hydrogens is 428 g/mol. The third-order valence-electron chi connectivity index (χ3n) is 4.96. The summed E-state index contributed by atoms with van der Waals surface area (Å²) < 4.78 is 0. The Bertz CT molecular complexity index is 1150. The van der Waals surface area contributed by atoms with Gasteiger partial charge in [0, 0.05) is 23.5 Å². The Hall–Kier alpha value is -3.02.